The summed E-state index contributed by atoms with van der Waals surface area (Å²) >= 11 is 3.05. The SMILES string of the molecule is Cc1ncsc1CN(C)C(=O)c1csc(CCN)n1. The van der Waals surface area contributed by atoms with Gasteiger partial charge in [0.2, 0.25) is 0 Å². The molecule has 0 spiro atoms. The number of carbonyl (C=O) groups is 1. The van der Waals surface area contributed by atoms with Crippen LogP contribution in [0.4, 0.5) is 0 Å². The van der Waals surface area contributed by atoms with Crippen LogP contribution in [0.2, 0.25) is 0 Å². The van der Waals surface area contributed by atoms with Gasteiger partial charge in [0.05, 0.1) is 22.8 Å². The average molecular weight is 296 g/mol. The van der Waals surface area contributed by atoms with Crippen LogP contribution in [0.5, 0.6) is 0 Å². The Kier molecular flexibility index (Phi) is 4.62. The molecule has 0 bridgehead atoms. The van der Waals surface area contributed by atoms with Crippen LogP contribution in [-0.2, 0) is 13.0 Å². The van der Waals surface area contributed by atoms with Crippen molar-refractivity contribution in [1.29, 1.82) is 0 Å². The zero-order valence-corrected chi connectivity index (χ0v) is 12.6. The first-order valence-corrected chi connectivity index (χ1v) is 7.66. The number of thiazole rings is 2. The third kappa shape index (κ3) is 3.37. The van der Waals surface area contributed by atoms with E-state index >= 15 is 0 Å². The monoisotopic (exact) mass is 296 g/mol. The van der Waals surface area contributed by atoms with E-state index in [9.17, 15) is 4.79 Å². The number of hydrogen-bond donors (Lipinski definition) is 1. The van der Waals surface area contributed by atoms with Crippen LogP contribution in [0.15, 0.2) is 10.9 Å². The summed E-state index contributed by atoms with van der Waals surface area (Å²) in [4.78, 5) is 23.5. The second kappa shape index (κ2) is 6.23. The van der Waals surface area contributed by atoms with Gasteiger partial charge in [-0.2, -0.15) is 0 Å². The van der Waals surface area contributed by atoms with Crippen molar-refractivity contribution in [1.82, 2.24) is 14.9 Å². The molecule has 0 saturated heterocycles. The van der Waals surface area contributed by atoms with Crippen molar-refractivity contribution in [2.45, 2.75) is 19.9 Å². The molecule has 102 valence electrons. The number of amides is 1. The number of nitrogens with two attached hydrogens (primary N) is 1. The van der Waals surface area contributed by atoms with Gasteiger partial charge in [0.15, 0.2) is 0 Å². The predicted octanol–water partition coefficient (Wildman–Crippen LogP) is 1.68. The standard InChI is InChI=1S/C12H16N4OS2/c1-8-10(19-7-14-8)5-16(2)12(17)9-6-18-11(15-9)3-4-13/h6-7H,3-5,13H2,1-2H3. The Morgan fingerprint density at radius 3 is 2.89 bits per heavy atom. The summed E-state index contributed by atoms with van der Waals surface area (Å²) in [7, 11) is 1.78. The predicted molar refractivity (Wildman–Crippen MR) is 77.5 cm³/mol. The van der Waals surface area contributed by atoms with E-state index in [4.69, 9.17) is 5.73 Å². The summed E-state index contributed by atoms with van der Waals surface area (Å²) in [5.41, 5.74) is 8.75. The summed E-state index contributed by atoms with van der Waals surface area (Å²) in [5, 5.41) is 2.71. The van der Waals surface area contributed by atoms with Gasteiger partial charge in [0, 0.05) is 23.7 Å². The molecule has 2 aromatic heterocycles. The minimum Gasteiger partial charge on any atom is -0.335 e. The minimum absolute atomic E-state index is 0.0627. The largest absolute Gasteiger partial charge is 0.335 e. The Labute approximate surface area is 120 Å². The van der Waals surface area contributed by atoms with Crippen LogP contribution in [-0.4, -0.2) is 34.4 Å². The zero-order chi connectivity index (χ0) is 13.8. The lowest BCUT2D eigenvalue weighted by molar-refractivity contribution is 0.0781. The smallest absolute Gasteiger partial charge is 0.273 e. The minimum atomic E-state index is -0.0627. The molecular weight excluding hydrogens is 280 g/mol. The lowest BCUT2D eigenvalue weighted by Gasteiger charge is -2.14. The molecule has 7 heteroatoms. The van der Waals surface area contributed by atoms with Crippen molar-refractivity contribution < 1.29 is 4.79 Å². The Bertz CT molecular complexity index is 564. The molecule has 0 aliphatic carbocycles. The summed E-state index contributed by atoms with van der Waals surface area (Å²) in [6.45, 7) is 3.07. The number of aryl methyl sites for hydroxylation is 1. The summed E-state index contributed by atoms with van der Waals surface area (Å²) in [6.07, 6.45) is 0.718. The second-order valence-electron chi connectivity index (χ2n) is 4.19. The molecule has 2 rings (SSSR count). The van der Waals surface area contributed by atoms with Crippen LogP contribution in [0.3, 0.4) is 0 Å². The second-order valence-corrected chi connectivity index (χ2v) is 6.07. The quantitative estimate of drug-likeness (QED) is 0.911. The Morgan fingerprint density at radius 1 is 1.47 bits per heavy atom. The number of carbonyl (C=O) groups excluding carboxylic acids is 1. The molecule has 0 aliphatic heterocycles. The Morgan fingerprint density at radius 2 is 2.26 bits per heavy atom. The normalized spacial score (nSPS) is 10.7. The highest BCUT2D eigenvalue weighted by Gasteiger charge is 2.16. The van der Waals surface area contributed by atoms with E-state index in [1.165, 1.54) is 11.3 Å². The summed E-state index contributed by atoms with van der Waals surface area (Å²) in [5.74, 6) is -0.0627. The van der Waals surface area contributed by atoms with Crippen molar-refractivity contribution in [2.75, 3.05) is 13.6 Å². The van der Waals surface area contributed by atoms with Gasteiger partial charge < -0.3 is 10.6 Å². The van der Waals surface area contributed by atoms with E-state index < -0.39 is 0 Å². The lowest BCUT2D eigenvalue weighted by atomic mass is 10.3. The topological polar surface area (TPSA) is 72.1 Å². The maximum atomic E-state index is 12.2. The van der Waals surface area contributed by atoms with Gasteiger partial charge >= 0.3 is 0 Å². The first kappa shape index (κ1) is 14.1. The Balaban J connectivity index is 2.04. The molecule has 0 saturated carbocycles. The average Bonchev–Trinajstić information content (AvgIpc) is 2.99. The Hall–Kier alpha value is -1.31. The molecule has 2 N–H and O–H groups in total. The van der Waals surface area contributed by atoms with Crippen LogP contribution >= 0.6 is 22.7 Å². The van der Waals surface area contributed by atoms with Gasteiger partial charge in [-0.15, -0.1) is 22.7 Å². The van der Waals surface area contributed by atoms with E-state index in [0.717, 1.165) is 22.0 Å². The number of hydrogen-bond acceptors (Lipinski definition) is 6. The highest BCUT2D eigenvalue weighted by Crippen LogP contribution is 2.17. The van der Waals surface area contributed by atoms with Crippen LogP contribution < -0.4 is 5.73 Å². The van der Waals surface area contributed by atoms with Crippen LogP contribution in [0.25, 0.3) is 0 Å². The molecule has 5 nitrogen and oxygen atoms in total. The van der Waals surface area contributed by atoms with Crippen molar-refractivity contribution >= 4 is 28.6 Å². The van der Waals surface area contributed by atoms with Gasteiger partial charge in [-0.25, -0.2) is 9.97 Å². The molecule has 2 aromatic rings. The van der Waals surface area contributed by atoms with Gasteiger partial charge in [-0.1, -0.05) is 0 Å². The molecule has 2 heterocycles. The van der Waals surface area contributed by atoms with Gasteiger partial charge in [-0.3, -0.25) is 4.79 Å². The van der Waals surface area contributed by atoms with Crippen LogP contribution in [0, 0.1) is 6.92 Å². The maximum Gasteiger partial charge on any atom is 0.273 e. The van der Waals surface area contributed by atoms with Crippen LogP contribution in [0.1, 0.15) is 26.1 Å². The van der Waals surface area contributed by atoms with E-state index in [2.05, 4.69) is 9.97 Å². The molecule has 0 radical (unpaired) electrons. The molecule has 0 atom stereocenters. The lowest BCUT2D eigenvalue weighted by Crippen LogP contribution is -2.26. The van der Waals surface area contributed by atoms with Crippen molar-refractivity contribution in [3.05, 3.63) is 32.2 Å². The highest BCUT2D eigenvalue weighted by atomic mass is 32.1. The third-order valence-electron chi connectivity index (χ3n) is 2.70. The molecule has 1 amide bonds. The van der Waals surface area contributed by atoms with Crippen molar-refractivity contribution in [3.63, 3.8) is 0 Å². The maximum absolute atomic E-state index is 12.2. The fourth-order valence-electron chi connectivity index (χ4n) is 1.61. The van der Waals surface area contributed by atoms with Gasteiger partial charge in [0.25, 0.3) is 5.91 Å². The first-order valence-electron chi connectivity index (χ1n) is 5.90. The number of rotatable bonds is 5. The molecule has 0 aromatic carbocycles. The molecule has 19 heavy (non-hydrogen) atoms. The van der Waals surface area contributed by atoms with E-state index in [1.807, 2.05) is 6.92 Å². The third-order valence-corrected chi connectivity index (χ3v) is 4.53. The van der Waals surface area contributed by atoms with Gasteiger partial charge in [0.1, 0.15) is 5.69 Å². The molecule has 0 unspecified atom stereocenters. The summed E-state index contributed by atoms with van der Waals surface area (Å²) < 4.78 is 0. The molecular formula is C12H16N4OS2. The first-order chi connectivity index (χ1) is 9.11. The fraction of sp³-hybridized carbons (Fsp3) is 0.417. The highest BCUT2D eigenvalue weighted by molar-refractivity contribution is 7.10. The van der Waals surface area contributed by atoms with Crippen molar-refractivity contribution in [2.24, 2.45) is 5.73 Å². The molecule has 0 aliphatic rings. The number of aromatic nitrogens is 2. The van der Waals surface area contributed by atoms with E-state index in [0.29, 0.717) is 18.8 Å². The summed E-state index contributed by atoms with van der Waals surface area (Å²) in [6, 6.07) is 0. The zero-order valence-electron chi connectivity index (χ0n) is 10.9. The fourth-order valence-corrected chi connectivity index (χ4v) is 3.23. The number of nitrogens with zero attached hydrogens (tertiary/aromatic N) is 3. The molecule has 0 fully saturated rings. The van der Waals surface area contributed by atoms with E-state index in [-0.39, 0.29) is 5.91 Å². The van der Waals surface area contributed by atoms with E-state index in [1.54, 1.807) is 34.2 Å². The van der Waals surface area contributed by atoms with Gasteiger partial charge in [-0.05, 0) is 13.5 Å². The van der Waals surface area contributed by atoms with Crippen molar-refractivity contribution in [3.8, 4) is 0 Å².